The molecule has 8 nitrogen and oxygen atoms in total. The van der Waals surface area contributed by atoms with E-state index < -0.39 is 10.9 Å². The number of carbonyl (C=O) groups is 1. The van der Waals surface area contributed by atoms with E-state index in [2.05, 4.69) is 4.98 Å². The largest absolute Gasteiger partial charge is 0.477 e. The fourth-order valence-electron chi connectivity index (χ4n) is 2.14. The lowest BCUT2D eigenvalue weighted by Crippen LogP contribution is -2.43. The fourth-order valence-corrected chi connectivity index (χ4v) is 2.14. The van der Waals surface area contributed by atoms with Crippen molar-refractivity contribution in [2.45, 2.75) is 18.9 Å². The lowest BCUT2D eigenvalue weighted by Gasteiger charge is -2.31. The van der Waals surface area contributed by atoms with Crippen molar-refractivity contribution in [1.29, 1.82) is 0 Å². The van der Waals surface area contributed by atoms with Crippen LogP contribution in [0.25, 0.3) is 0 Å². The molecule has 1 aromatic rings. The fraction of sp³-hybridized carbons (Fsp3) is 0.455. The smallest absolute Gasteiger partial charge is 0.354 e. The lowest BCUT2D eigenvalue weighted by molar-refractivity contribution is -0.384. The molecule has 2 rings (SSSR count). The minimum Gasteiger partial charge on any atom is -0.477 e. The monoisotopic (exact) mass is 266 g/mol. The number of hydrogen-bond donors (Lipinski definition) is 2. The number of aromatic carboxylic acids is 1. The number of carboxylic acids is 1. The Balaban J connectivity index is 2.42. The van der Waals surface area contributed by atoms with Crippen LogP contribution in [-0.4, -0.2) is 40.1 Å². The third kappa shape index (κ3) is 2.79. The van der Waals surface area contributed by atoms with E-state index in [9.17, 15) is 14.9 Å². The first kappa shape index (κ1) is 13.2. The number of nitrogens with two attached hydrogens (primary N) is 1. The maximum Gasteiger partial charge on any atom is 0.354 e. The molecule has 19 heavy (non-hydrogen) atoms. The van der Waals surface area contributed by atoms with Crippen molar-refractivity contribution in [2.24, 2.45) is 5.73 Å². The van der Waals surface area contributed by atoms with Gasteiger partial charge in [0.05, 0.1) is 4.92 Å². The maximum absolute atomic E-state index is 11.0. The molecule has 1 aliphatic rings. The van der Waals surface area contributed by atoms with Crippen LogP contribution in [0.4, 0.5) is 11.5 Å². The molecule has 102 valence electrons. The Labute approximate surface area is 109 Å². The predicted octanol–water partition coefficient (Wildman–Crippen LogP) is 0.616. The van der Waals surface area contributed by atoms with Crippen molar-refractivity contribution in [3.8, 4) is 0 Å². The summed E-state index contributed by atoms with van der Waals surface area (Å²) in [7, 11) is 0. The quantitative estimate of drug-likeness (QED) is 0.607. The van der Waals surface area contributed by atoms with Gasteiger partial charge in [0.25, 0.3) is 0 Å². The summed E-state index contributed by atoms with van der Waals surface area (Å²) in [5.41, 5.74) is 5.43. The molecule has 0 spiro atoms. The average molecular weight is 266 g/mol. The number of nitrogens with zero attached hydrogens (tertiary/aromatic N) is 3. The lowest BCUT2D eigenvalue weighted by atomic mass is 10.1. The highest BCUT2D eigenvalue weighted by molar-refractivity contribution is 5.86. The molecule has 0 radical (unpaired) electrons. The maximum atomic E-state index is 11.0. The molecule has 1 fully saturated rings. The van der Waals surface area contributed by atoms with Gasteiger partial charge in [0, 0.05) is 25.2 Å². The number of piperidine rings is 1. The molecule has 0 aliphatic carbocycles. The van der Waals surface area contributed by atoms with Gasteiger partial charge in [0.1, 0.15) is 0 Å². The Bertz CT molecular complexity index is 519. The highest BCUT2D eigenvalue weighted by Gasteiger charge is 2.26. The number of aromatic nitrogens is 1. The van der Waals surface area contributed by atoms with Gasteiger partial charge in [-0.15, -0.1) is 0 Å². The molecule has 1 saturated heterocycles. The van der Waals surface area contributed by atoms with E-state index in [1.165, 1.54) is 6.07 Å². The number of nitro groups is 1. The van der Waals surface area contributed by atoms with Crippen LogP contribution in [0.15, 0.2) is 12.1 Å². The molecular formula is C11H14N4O4. The minimum absolute atomic E-state index is 0.0800. The van der Waals surface area contributed by atoms with E-state index in [0.29, 0.717) is 13.1 Å². The second kappa shape index (κ2) is 5.19. The molecule has 3 N–H and O–H groups in total. The molecular weight excluding hydrogens is 252 g/mol. The van der Waals surface area contributed by atoms with E-state index in [1.54, 1.807) is 4.90 Å². The Morgan fingerprint density at radius 3 is 2.89 bits per heavy atom. The molecule has 1 aromatic heterocycles. The molecule has 0 bridgehead atoms. The highest BCUT2D eigenvalue weighted by Crippen LogP contribution is 2.28. The van der Waals surface area contributed by atoms with Crippen molar-refractivity contribution >= 4 is 17.5 Å². The Hall–Kier alpha value is -2.22. The zero-order valence-electron chi connectivity index (χ0n) is 10.2. The first-order chi connectivity index (χ1) is 8.99. The highest BCUT2D eigenvalue weighted by atomic mass is 16.6. The van der Waals surface area contributed by atoms with E-state index in [-0.39, 0.29) is 23.2 Å². The van der Waals surface area contributed by atoms with Crippen LogP contribution < -0.4 is 10.6 Å². The van der Waals surface area contributed by atoms with Gasteiger partial charge in [0.15, 0.2) is 5.69 Å². The van der Waals surface area contributed by atoms with Gasteiger partial charge >= 0.3 is 11.7 Å². The third-order valence-electron chi connectivity index (χ3n) is 3.03. The van der Waals surface area contributed by atoms with Crippen LogP contribution in [0, 0.1) is 10.1 Å². The number of anilines is 1. The minimum atomic E-state index is -1.21. The van der Waals surface area contributed by atoms with E-state index >= 15 is 0 Å². The normalized spacial score (nSPS) is 19.2. The van der Waals surface area contributed by atoms with Crippen LogP contribution in [0.3, 0.4) is 0 Å². The number of rotatable bonds is 3. The van der Waals surface area contributed by atoms with Gasteiger partial charge in [-0.25, -0.2) is 9.78 Å². The summed E-state index contributed by atoms with van der Waals surface area (Å²) < 4.78 is 0. The summed E-state index contributed by atoms with van der Waals surface area (Å²) in [5, 5.41) is 19.9. The van der Waals surface area contributed by atoms with Crippen LogP contribution >= 0.6 is 0 Å². The molecule has 0 aromatic carbocycles. The molecule has 0 amide bonds. The topological polar surface area (TPSA) is 123 Å². The summed E-state index contributed by atoms with van der Waals surface area (Å²) in [6, 6.07) is 2.23. The predicted molar refractivity (Wildman–Crippen MR) is 67.3 cm³/mol. The molecule has 2 heterocycles. The van der Waals surface area contributed by atoms with Crippen LogP contribution in [-0.2, 0) is 0 Å². The molecule has 0 saturated carbocycles. The van der Waals surface area contributed by atoms with Crippen molar-refractivity contribution in [3.63, 3.8) is 0 Å². The second-order valence-corrected chi connectivity index (χ2v) is 4.45. The summed E-state index contributed by atoms with van der Waals surface area (Å²) in [4.78, 5) is 26.9. The van der Waals surface area contributed by atoms with Gasteiger partial charge in [-0.3, -0.25) is 10.1 Å². The molecule has 1 atom stereocenters. The zero-order chi connectivity index (χ0) is 14.0. The first-order valence-corrected chi connectivity index (χ1v) is 5.88. The standard InChI is InChI=1S/C11H14N4O4/c12-7-2-1-5-14(6-7)10-9(15(18)19)4-3-8(13-10)11(16)17/h3-4,7H,1-2,5-6,12H2,(H,16,17). The van der Waals surface area contributed by atoms with Crippen LogP contribution in [0.2, 0.25) is 0 Å². The average Bonchev–Trinajstić information content (AvgIpc) is 2.37. The van der Waals surface area contributed by atoms with E-state index in [4.69, 9.17) is 10.8 Å². The summed E-state index contributed by atoms with van der Waals surface area (Å²) >= 11 is 0. The summed E-state index contributed by atoms with van der Waals surface area (Å²) in [6.07, 6.45) is 1.65. The number of hydrogen-bond acceptors (Lipinski definition) is 6. The van der Waals surface area contributed by atoms with Gasteiger partial charge < -0.3 is 15.7 Å². The Kier molecular flexibility index (Phi) is 3.61. The number of pyridine rings is 1. The van der Waals surface area contributed by atoms with Crippen molar-refractivity contribution in [1.82, 2.24) is 4.98 Å². The van der Waals surface area contributed by atoms with Crippen molar-refractivity contribution in [3.05, 3.63) is 27.9 Å². The van der Waals surface area contributed by atoms with Gasteiger partial charge in [-0.05, 0) is 18.9 Å². The van der Waals surface area contributed by atoms with E-state index in [0.717, 1.165) is 18.9 Å². The molecule has 8 heteroatoms. The van der Waals surface area contributed by atoms with Crippen LogP contribution in [0.1, 0.15) is 23.3 Å². The van der Waals surface area contributed by atoms with E-state index in [1.807, 2.05) is 0 Å². The SMILES string of the molecule is NC1CCCN(c2nc(C(=O)O)ccc2[N+](=O)[O-])C1. The second-order valence-electron chi connectivity index (χ2n) is 4.45. The van der Waals surface area contributed by atoms with Crippen LogP contribution in [0.5, 0.6) is 0 Å². The van der Waals surface area contributed by atoms with Gasteiger partial charge in [0.2, 0.25) is 5.82 Å². The van der Waals surface area contributed by atoms with Crippen molar-refractivity contribution < 1.29 is 14.8 Å². The zero-order valence-corrected chi connectivity index (χ0v) is 10.2. The Morgan fingerprint density at radius 1 is 1.58 bits per heavy atom. The third-order valence-corrected chi connectivity index (χ3v) is 3.03. The first-order valence-electron chi connectivity index (χ1n) is 5.88. The number of carboxylic acid groups (broad SMARTS) is 1. The summed E-state index contributed by atoms with van der Waals surface area (Å²) in [5.74, 6) is -1.13. The Morgan fingerprint density at radius 2 is 2.32 bits per heavy atom. The molecule has 1 aliphatic heterocycles. The van der Waals surface area contributed by atoms with Crippen molar-refractivity contribution in [2.75, 3.05) is 18.0 Å². The van der Waals surface area contributed by atoms with Gasteiger partial charge in [-0.2, -0.15) is 0 Å². The van der Waals surface area contributed by atoms with Gasteiger partial charge in [-0.1, -0.05) is 0 Å². The summed E-state index contributed by atoms with van der Waals surface area (Å²) in [6.45, 7) is 1.03. The molecule has 1 unspecified atom stereocenters.